The molecule has 0 fully saturated rings. The monoisotopic (exact) mass is 444 g/mol. The number of methoxy groups -OCH3 is 2. The van der Waals surface area contributed by atoms with Crippen LogP contribution >= 0.6 is 0 Å². The summed E-state index contributed by atoms with van der Waals surface area (Å²) in [6.45, 7) is 0. The number of aromatic nitrogens is 2. The van der Waals surface area contributed by atoms with Crippen molar-refractivity contribution in [3.8, 4) is 11.5 Å². The third-order valence-electron chi connectivity index (χ3n) is 5.75. The van der Waals surface area contributed by atoms with E-state index in [-0.39, 0.29) is 0 Å². The van der Waals surface area contributed by atoms with Gasteiger partial charge in [-0.25, -0.2) is 9.97 Å². The molecule has 1 aromatic heterocycles. The fraction of sp³-hybridized carbons (Fsp3) is 0.0667. The number of benzene rings is 4. The Morgan fingerprint density at radius 3 is 1.41 bits per heavy atom. The highest BCUT2D eigenvalue weighted by molar-refractivity contribution is 5.88. The minimum absolute atomic E-state index is 0.857. The highest BCUT2D eigenvalue weighted by atomic mass is 16.5. The molecule has 0 atom stereocenters. The number of hydrogen-bond donors (Lipinski definition) is 0. The minimum atomic E-state index is 0.857. The lowest BCUT2D eigenvalue weighted by Gasteiger charge is -2.04. The van der Waals surface area contributed by atoms with Gasteiger partial charge >= 0.3 is 0 Å². The van der Waals surface area contributed by atoms with Crippen molar-refractivity contribution >= 4 is 45.8 Å². The molecule has 0 aliphatic rings. The van der Waals surface area contributed by atoms with Crippen LogP contribution in [0.5, 0.6) is 11.5 Å². The topological polar surface area (TPSA) is 44.2 Å². The molecule has 166 valence electrons. The van der Waals surface area contributed by atoms with Crippen LogP contribution in [0.1, 0.15) is 22.5 Å². The number of rotatable bonds is 6. The van der Waals surface area contributed by atoms with Gasteiger partial charge in [0, 0.05) is 0 Å². The Hall–Kier alpha value is -4.44. The molecule has 5 rings (SSSR count). The second kappa shape index (κ2) is 9.59. The first-order chi connectivity index (χ1) is 16.7. The van der Waals surface area contributed by atoms with Gasteiger partial charge in [-0.05, 0) is 87.3 Å². The second-order valence-electron chi connectivity index (χ2n) is 7.98. The fourth-order valence-corrected chi connectivity index (χ4v) is 3.88. The predicted octanol–water partition coefficient (Wildman–Crippen LogP) is 7.14. The Bertz CT molecular complexity index is 1420. The largest absolute Gasteiger partial charge is 0.497 e. The van der Waals surface area contributed by atoms with Crippen molar-refractivity contribution in [1.29, 1.82) is 0 Å². The molecule has 0 unspecified atom stereocenters. The first-order valence-electron chi connectivity index (χ1n) is 11.0. The lowest BCUT2D eigenvalue weighted by Crippen LogP contribution is -1.87. The predicted molar refractivity (Wildman–Crippen MR) is 141 cm³/mol. The second-order valence-corrected chi connectivity index (χ2v) is 7.98. The fourth-order valence-electron chi connectivity index (χ4n) is 3.88. The van der Waals surface area contributed by atoms with Gasteiger partial charge < -0.3 is 9.47 Å². The summed E-state index contributed by atoms with van der Waals surface area (Å²) in [5, 5.41) is 4.64. The maximum absolute atomic E-state index is 5.31. The first-order valence-corrected chi connectivity index (χ1v) is 11.0. The Kier molecular flexibility index (Phi) is 6.04. The zero-order valence-electron chi connectivity index (χ0n) is 19.1. The van der Waals surface area contributed by atoms with Crippen LogP contribution in [-0.4, -0.2) is 24.2 Å². The van der Waals surface area contributed by atoms with E-state index in [1.54, 1.807) is 20.5 Å². The molecule has 34 heavy (non-hydrogen) atoms. The van der Waals surface area contributed by atoms with Gasteiger partial charge in [-0.1, -0.05) is 48.6 Å². The van der Waals surface area contributed by atoms with Crippen molar-refractivity contribution in [2.75, 3.05) is 14.2 Å². The molecule has 0 aliphatic carbocycles. The summed E-state index contributed by atoms with van der Waals surface area (Å²) < 4.78 is 10.6. The number of nitrogens with zero attached hydrogens (tertiary/aromatic N) is 2. The van der Waals surface area contributed by atoms with Gasteiger partial charge in [-0.3, -0.25) is 0 Å². The van der Waals surface area contributed by atoms with E-state index < -0.39 is 0 Å². The van der Waals surface area contributed by atoms with E-state index in [9.17, 15) is 0 Å². The standard InChI is InChI=1S/C30H24N2O2/c1-33-29-13-9-23-15-21(3-7-25(23)17-29)5-11-27-19-28(32-20-31-27)12-6-22-4-8-26-18-30(34-2)14-10-24(26)16-22/h3-20H,1-2H3/b11-5+,12-6+. The van der Waals surface area contributed by atoms with Crippen molar-refractivity contribution in [1.82, 2.24) is 9.97 Å². The van der Waals surface area contributed by atoms with Gasteiger partial charge in [-0.15, -0.1) is 0 Å². The minimum Gasteiger partial charge on any atom is -0.497 e. The van der Waals surface area contributed by atoms with Crippen LogP contribution in [0, 0.1) is 0 Å². The summed E-state index contributed by atoms with van der Waals surface area (Å²) in [5.41, 5.74) is 3.94. The summed E-state index contributed by atoms with van der Waals surface area (Å²) in [7, 11) is 3.37. The van der Waals surface area contributed by atoms with E-state index in [2.05, 4.69) is 70.7 Å². The summed E-state index contributed by atoms with van der Waals surface area (Å²) in [6, 6.07) is 26.9. The molecule has 4 aromatic carbocycles. The van der Waals surface area contributed by atoms with Gasteiger partial charge in [0.05, 0.1) is 25.6 Å². The summed E-state index contributed by atoms with van der Waals surface area (Å²) in [4.78, 5) is 8.78. The summed E-state index contributed by atoms with van der Waals surface area (Å²) >= 11 is 0. The molecule has 0 saturated carbocycles. The number of ether oxygens (including phenoxy) is 2. The van der Waals surface area contributed by atoms with Gasteiger partial charge in [0.25, 0.3) is 0 Å². The molecular weight excluding hydrogens is 420 g/mol. The van der Waals surface area contributed by atoms with Crippen molar-refractivity contribution < 1.29 is 9.47 Å². The Morgan fingerprint density at radius 2 is 0.941 bits per heavy atom. The smallest absolute Gasteiger partial charge is 0.119 e. The van der Waals surface area contributed by atoms with Crippen LogP contribution in [0.4, 0.5) is 0 Å². The van der Waals surface area contributed by atoms with Crippen molar-refractivity contribution in [2.45, 2.75) is 0 Å². The molecule has 0 radical (unpaired) electrons. The van der Waals surface area contributed by atoms with Crippen molar-refractivity contribution in [3.05, 3.63) is 108 Å². The van der Waals surface area contributed by atoms with Crippen LogP contribution in [0.25, 0.3) is 45.8 Å². The Balaban J connectivity index is 1.33. The van der Waals surface area contributed by atoms with E-state index in [0.717, 1.165) is 44.8 Å². The molecule has 0 saturated heterocycles. The molecule has 0 bridgehead atoms. The number of hydrogen-bond acceptors (Lipinski definition) is 4. The molecule has 0 amide bonds. The van der Waals surface area contributed by atoms with E-state index in [1.807, 2.05) is 42.5 Å². The third kappa shape index (κ3) is 4.81. The van der Waals surface area contributed by atoms with Gasteiger partial charge in [0.1, 0.15) is 17.8 Å². The number of fused-ring (bicyclic) bond motifs is 2. The molecule has 0 aliphatic heterocycles. The average molecular weight is 445 g/mol. The zero-order chi connectivity index (χ0) is 23.3. The first kappa shape index (κ1) is 21.4. The molecule has 4 nitrogen and oxygen atoms in total. The molecule has 0 spiro atoms. The molecule has 4 heteroatoms. The van der Waals surface area contributed by atoms with Crippen molar-refractivity contribution in [2.24, 2.45) is 0 Å². The maximum atomic E-state index is 5.31. The van der Waals surface area contributed by atoms with Gasteiger partial charge in [0.2, 0.25) is 0 Å². The molecular formula is C30H24N2O2. The summed E-state index contributed by atoms with van der Waals surface area (Å²) in [5.74, 6) is 1.72. The van der Waals surface area contributed by atoms with Crippen molar-refractivity contribution in [3.63, 3.8) is 0 Å². The molecule has 5 aromatic rings. The quantitative estimate of drug-likeness (QED) is 0.279. The van der Waals surface area contributed by atoms with Crippen LogP contribution in [0.2, 0.25) is 0 Å². The highest BCUT2D eigenvalue weighted by Crippen LogP contribution is 2.24. The Labute approximate surface area is 198 Å². The molecule has 1 heterocycles. The zero-order valence-corrected chi connectivity index (χ0v) is 19.1. The van der Waals surface area contributed by atoms with Gasteiger partial charge in [-0.2, -0.15) is 0 Å². The maximum Gasteiger partial charge on any atom is 0.119 e. The van der Waals surface area contributed by atoms with E-state index in [0.29, 0.717) is 0 Å². The average Bonchev–Trinajstić information content (AvgIpc) is 2.90. The van der Waals surface area contributed by atoms with Crippen LogP contribution in [-0.2, 0) is 0 Å². The Morgan fingerprint density at radius 1 is 0.500 bits per heavy atom. The lowest BCUT2D eigenvalue weighted by atomic mass is 10.1. The van der Waals surface area contributed by atoms with Gasteiger partial charge in [0.15, 0.2) is 0 Å². The van der Waals surface area contributed by atoms with E-state index in [1.165, 1.54) is 10.8 Å². The van der Waals surface area contributed by atoms with E-state index >= 15 is 0 Å². The van der Waals surface area contributed by atoms with Crippen LogP contribution in [0.3, 0.4) is 0 Å². The van der Waals surface area contributed by atoms with Crippen LogP contribution in [0.15, 0.2) is 85.2 Å². The highest BCUT2D eigenvalue weighted by Gasteiger charge is 2.00. The normalized spacial score (nSPS) is 11.6. The third-order valence-corrected chi connectivity index (χ3v) is 5.75. The van der Waals surface area contributed by atoms with E-state index in [4.69, 9.17) is 9.47 Å². The summed E-state index contributed by atoms with van der Waals surface area (Å²) in [6.07, 6.45) is 9.74. The lowest BCUT2D eigenvalue weighted by molar-refractivity contribution is 0.415. The molecule has 0 N–H and O–H groups in total. The van der Waals surface area contributed by atoms with Crippen LogP contribution < -0.4 is 9.47 Å². The SMILES string of the molecule is COc1ccc2cc(/C=C/c3cc(/C=C/c4ccc5cc(OC)ccc5c4)ncn3)ccc2c1.